The molecule has 0 amide bonds. The van der Waals surface area contributed by atoms with Gasteiger partial charge in [-0.3, -0.25) is 0 Å². The Labute approximate surface area is 103 Å². The molecule has 0 bridgehead atoms. The van der Waals surface area contributed by atoms with Crippen LogP contribution in [0.4, 0.5) is 0 Å². The van der Waals surface area contributed by atoms with Crippen molar-refractivity contribution in [2.45, 2.75) is 13.8 Å². The van der Waals surface area contributed by atoms with Crippen LogP contribution in [0.5, 0.6) is 0 Å². The summed E-state index contributed by atoms with van der Waals surface area (Å²) in [5, 5.41) is 0. The fourth-order valence-corrected chi connectivity index (χ4v) is 0. The Bertz CT molecular complexity index is 16.0. The van der Waals surface area contributed by atoms with E-state index in [1.807, 2.05) is 0 Å². The van der Waals surface area contributed by atoms with Gasteiger partial charge in [-0.2, -0.15) is 5.92 Å². The van der Waals surface area contributed by atoms with Gasteiger partial charge in [0.2, 0.25) is 0 Å². The summed E-state index contributed by atoms with van der Waals surface area (Å²) in [6.45, 7) is 7.75. The molecule has 0 radical (unpaired) electrons. The van der Waals surface area contributed by atoms with Gasteiger partial charge in [0.25, 0.3) is 0 Å². The van der Waals surface area contributed by atoms with Gasteiger partial charge in [-0.15, -0.1) is 50.9 Å². The van der Waals surface area contributed by atoms with Gasteiger partial charge in [0.05, 0.1) is 0 Å². The van der Waals surface area contributed by atoms with Crippen molar-refractivity contribution in [2.75, 3.05) is 0 Å². The van der Waals surface area contributed by atoms with Crippen molar-refractivity contribution in [1.29, 1.82) is 0 Å². The molecule has 0 spiro atoms. The van der Waals surface area contributed by atoms with Gasteiger partial charge < -0.3 is 6.92 Å². The second-order valence-electron chi connectivity index (χ2n) is 1.39. The molecule has 0 heterocycles. The smallest absolute Gasteiger partial charge is 0 e. The summed E-state index contributed by atoms with van der Waals surface area (Å²) in [4.78, 5) is 0. The zero-order valence-electron chi connectivity index (χ0n) is 5.01. The molecule has 0 aliphatic rings. The first-order chi connectivity index (χ1) is 1.73. The van der Waals surface area contributed by atoms with Gasteiger partial charge in [0, 0.05) is 26.2 Å². The number of hydrogen-bond acceptors (Lipinski definition) is 0. The molecule has 0 aromatic rings. The van der Waals surface area contributed by atoms with Crippen molar-refractivity contribution in [2.24, 2.45) is 5.92 Å². The van der Waals surface area contributed by atoms with Crippen LogP contribution >= 0.6 is 50.9 Å². The third-order valence-electron chi connectivity index (χ3n) is 0. The molecule has 0 aliphatic heterocycles. The molecular formula is C4H12Br3Zr-. The van der Waals surface area contributed by atoms with Crippen LogP contribution in [0.25, 0.3) is 0 Å². The topological polar surface area (TPSA) is 0 Å². The molecule has 0 N–H and O–H groups in total. The van der Waals surface area contributed by atoms with Crippen molar-refractivity contribution < 1.29 is 26.2 Å². The van der Waals surface area contributed by atoms with E-state index in [-0.39, 0.29) is 77.1 Å². The molecule has 54 valence electrons. The molecule has 0 aromatic carbocycles. The maximum atomic E-state index is 3.64. The van der Waals surface area contributed by atoms with Gasteiger partial charge in [-0.25, -0.2) is 0 Å². The third kappa shape index (κ3) is 82.7. The predicted octanol–water partition coefficient (Wildman–Crippen LogP) is 3.21. The van der Waals surface area contributed by atoms with E-state index in [0.717, 1.165) is 0 Å². The summed E-state index contributed by atoms with van der Waals surface area (Å²) in [5.41, 5.74) is 0. The summed E-state index contributed by atoms with van der Waals surface area (Å²) in [7, 11) is 0. The number of hydrogen-bond donors (Lipinski definition) is 0. The molecule has 0 aliphatic carbocycles. The van der Waals surface area contributed by atoms with Crippen LogP contribution in [-0.2, 0) is 26.2 Å². The van der Waals surface area contributed by atoms with Crippen LogP contribution in [0.2, 0.25) is 0 Å². The van der Waals surface area contributed by atoms with E-state index >= 15 is 0 Å². The summed E-state index contributed by atoms with van der Waals surface area (Å²) < 4.78 is 0. The average molecular weight is 391 g/mol. The monoisotopic (exact) mass is 387 g/mol. The maximum Gasteiger partial charge on any atom is 0 e. The Morgan fingerprint density at radius 1 is 1.00 bits per heavy atom. The van der Waals surface area contributed by atoms with Crippen LogP contribution in [-0.4, -0.2) is 0 Å². The van der Waals surface area contributed by atoms with E-state index in [9.17, 15) is 0 Å². The summed E-state index contributed by atoms with van der Waals surface area (Å²) >= 11 is 0. The first kappa shape index (κ1) is 31.7. The Morgan fingerprint density at radius 3 is 1.00 bits per heavy atom. The molecule has 0 saturated carbocycles. The first-order valence-electron chi connectivity index (χ1n) is 1.56. The van der Waals surface area contributed by atoms with E-state index in [1.54, 1.807) is 0 Å². The molecule has 0 unspecified atom stereocenters. The normalized spacial score (nSPS) is 4.50. The van der Waals surface area contributed by atoms with Gasteiger partial charge in [0.1, 0.15) is 0 Å². The van der Waals surface area contributed by atoms with Crippen molar-refractivity contribution in [1.82, 2.24) is 0 Å². The maximum absolute atomic E-state index is 3.64. The average Bonchev–Trinajstić information content (AvgIpc) is 0.811. The second kappa shape index (κ2) is 22.8. The fraction of sp³-hybridized carbons (Fsp3) is 0.750. The van der Waals surface area contributed by atoms with Crippen molar-refractivity contribution >= 4 is 50.9 Å². The number of halogens is 3. The minimum atomic E-state index is 0. The van der Waals surface area contributed by atoms with Crippen LogP contribution in [0.15, 0.2) is 0 Å². The minimum Gasteiger partial charge on any atom is -0.341 e. The minimum absolute atomic E-state index is 0. The standard InChI is InChI=1S/C4H9.3BrH.Zr/c1-4(2)3;;;;/h4H,1H2,2-3H3;3*1H;/q-1;;;;. The van der Waals surface area contributed by atoms with Gasteiger partial charge in [-0.1, -0.05) is 13.8 Å². The Hall–Kier alpha value is 2.32. The van der Waals surface area contributed by atoms with Crippen LogP contribution in [0.3, 0.4) is 0 Å². The number of rotatable bonds is 0. The molecule has 0 nitrogen and oxygen atoms in total. The fourth-order valence-electron chi connectivity index (χ4n) is 0. The molecule has 0 fully saturated rings. The van der Waals surface area contributed by atoms with Crippen LogP contribution < -0.4 is 0 Å². The predicted molar refractivity (Wildman–Crippen MR) is 51.2 cm³/mol. The zero-order chi connectivity index (χ0) is 3.58. The van der Waals surface area contributed by atoms with Crippen molar-refractivity contribution in [3.63, 3.8) is 0 Å². The Balaban J connectivity index is -0.00000000750. The van der Waals surface area contributed by atoms with Gasteiger partial charge in [0.15, 0.2) is 0 Å². The largest absolute Gasteiger partial charge is 0.341 e. The molecule has 0 rings (SSSR count). The third-order valence-corrected chi connectivity index (χ3v) is 0. The quantitative estimate of drug-likeness (QED) is 0.557. The molecule has 8 heavy (non-hydrogen) atoms. The molecule has 0 saturated heterocycles. The van der Waals surface area contributed by atoms with Gasteiger partial charge in [-0.05, 0) is 0 Å². The molecule has 4 heteroatoms. The summed E-state index contributed by atoms with van der Waals surface area (Å²) in [6, 6.07) is 0. The van der Waals surface area contributed by atoms with E-state index in [4.69, 9.17) is 0 Å². The second-order valence-corrected chi connectivity index (χ2v) is 1.39. The molecule has 0 aromatic heterocycles. The summed E-state index contributed by atoms with van der Waals surface area (Å²) in [5.74, 6) is 0.583. The van der Waals surface area contributed by atoms with E-state index in [2.05, 4.69) is 20.8 Å². The zero-order valence-corrected chi connectivity index (χ0v) is 12.6. The molecular weight excluding hydrogens is 379 g/mol. The van der Waals surface area contributed by atoms with Gasteiger partial charge >= 0.3 is 0 Å². The van der Waals surface area contributed by atoms with E-state index < -0.39 is 0 Å². The summed E-state index contributed by atoms with van der Waals surface area (Å²) in [6.07, 6.45) is 0. The van der Waals surface area contributed by atoms with Crippen LogP contribution in [0, 0.1) is 12.8 Å². The van der Waals surface area contributed by atoms with Crippen LogP contribution in [0.1, 0.15) is 13.8 Å². The molecule has 0 atom stereocenters. The Morgan fingerprint density at radius 2 is 1.00 bits per heavy atom. The van der Waals surface area contributed by atoms with Crippen molar-refractivity contribution in [3.05, 3.63) is 6.92 Å². The first-order valence-corrected chi connectivity index (χ1v) is 1.56. The Kier molecular flexibility index (Phi) is 90.2. The van der Waals surface area contributed by atoms with Crippen molar-refractivity contribution in [3.8, 4) is 0 Å². The van der Waals surface area contributed by atoms with E-state index in [0.29, 0.717) is 5.92 Å². The van der Waals surface area contributed by atoms with E-state index in [1.165, 1.54) is 0 Å². The SMILES string of the molecule is Br.Br.Br.[CH2-]C(C)C.[Zr].